The number of halogens is 1. The van der Waals surface area contributed by atoms with Crippen LogP contribution in [0.4, 0.5) is 10.1 Å². The van der Waals surface area contributed by atoms with Crippen LogP contribution in [-0.4, -0.2) is 14.5 Å². The molecule has 0 saturated carbocycles. The van der Waals surface area contributed by atoms with Crippen molar-refractivity contribution in [3.63, 3.8) is 0 Å². The molecule has 0 radical (unpaired) electrons. The van der Waals surface area contributed by atoms with Gasteiger partial charge in [-0.25, -0.2) is 9.37 Å². The molecule has 0 bridgehead atoms. The van der Waals surface area contributed by atoms with Gasteiger partial charge in [0, 0.05) is 18.5 Å². The largest absolute Gasteiger partial charge is 0.306 e. The number of hydrogen-bond acceptors (Lipinski definition) is 3. The Labute approximate surface area is 83.9 Å². The SMILES string of the molecule is O=[N+]([O-])c1cc(F)cc(-n2ccnc2)c1. The number of nitro groups is 1. The van der Waals surface area contributed by atoms with Crippen molar-refractivity contribution in [2.75, 3.05) is 0 Å². The molecule has 0 unspecified atom stereocenters. The third kappa shape index (κ3) is 1.83. The van der Waals surface area contributed by atoms with Crippen molar-refractivity contribution in [3.8, 4) is 5.69 Å². The van der Waals surface area contributed by atoms with Gasteiger partial charge in [0.1, 0.15) is 5.82 Å². The van der Waals surface area contributed by atoms with E-state index in [1.54, 1.807) is 6.20 Å². The molecule has 2 aromatic rings. The van der Waals surface area contributed by atoms with E-state index in [0.29, 0.717) is 5.69 Å². The van der Waals surface area contributed by atoms with Gasteiger partial charge < -0.3 is 4.57 Å². The van der Waals surface area contributed by atoms with Crippen LogP contribution < -0.4 is 0 Å². The zero-order valence-electron chi connectivity index (χ0n) is 7.50. The molecule has 0 aliphatic rings. The molecule has 1 aromatic heterocycles. The summed E-state index contributed by atoms with van der Waals surface area (Å²) < 4.78 is 14.5. The van der Waals surface area contributed by atoms with E-state index in [-0.39, 0.29) is 5.69 Å². The van der Waals surface area contributed by atoms with Crippen molar-refractivity contribution < 1.29 is 9.31 Å². The van der Waals surface area contributed by atoms with Gasteiger partial charge in [0.05, 0.1) is 23.0 Å². The first-order chi connectivity index (χ1) is 7.16. The summed E-state index contributed by atoms with van der Waals surface area (Å²) in [5.74, 6) is -0.645. The Balaban J connectivity index is 2.54. The smallest absolute Gasteiger partial charge is 0.274 e. The normalized spacial score (nSPS) is 10.2. The molecule has 15 heavy (non-hydrogen) atoms. The summed E-state index contributed by atoms with van der Waals surface area (Å²) in [5.41, 5.74) is 0.0953. The molecule has 0 N–H and O–H groups in total. The molecule has 5 nitrogen and oxygen atoms in total. The summed E-state index contributed by atoms with van der Waals surface area (Å²) in [5, 5.41) is 10.5. The van der Waals surface area contributed by atoms with Gasteiger partial charge in [0.25, 0.3) is 5.69 Å². The number of nitro benzene ring substituents is 1. The highest BCUT2D eigenvalue weighted by Gasteiger charge is 2.10. The van der Waals surface area contributed by atoms with E-state index in [1.165, 1.54) is 29.2 Å². The molecular weight excluding hydrogens is 201 g/mol. The van der Waals surface area contributed by atoms with Gasteiger partial charge in [0.2, 0.25) is 0 Å². The Morgan fingerprint density at radius 3 is 2.80 bits per heavy atom. The maximum Gasteiger partial charge on any atom is 0.274 e. The first kappa shape index (κ1) is 9.32. The molecular formula is C9H6FN3O2. The van der Waals surface area contributed by atoms with Crippen molar-refractivity contribution in [2.45, 2.75) is 0 Å². The summed E-state index contributed by atoms with van der Waals surface area (Å²) >= 11 is 0. The standard InChI is InChI=1S/C9H6FN3O2/c10-7-3-8(12-2-1-11-6-12)5-9(4-7)13(14)15/h1-6H. The molecule has 0 aliphatic heterocycles. The van der Waals surface area contributed by atoms with Crippen LogP contribution in [0.15, 0.2) is 36.9 Å². The lowest BCUT2D eigenvalue weighted by atomic mass is 10.2. The molecule has 0 aliphatic carbocycles. The summed E-state index contributed by atoms with van der Waals surface area (Å²) in [7, 11) is 0. The molecule has 0 atom stereocenters. The number of aromatic nitrogens is 2. The fourth-order valence-corrected chi connectivity index (χ4v) is 1.23. The average molecular weight is 207 g/mol. The van der Waals surface area contributed by atoms with Gasteiger partial charge >= 0.3 is 0 Å². The Kier molecular flexibility index (Phi) is 2.17. The van der Waals surface area contributed by atoms with Gasteiger partial charge in [0.15, 0.2) is 0 Å². The van der Waals surface area contributed by atoms with Crippen LogP contribution in [0.5, 0.6) is 0 Å². The summed E-state index contributed by atoms with van der Waals surface area (Å²) in [6, 6.07) is 3.36. The summed E-state index contributed by atoms with van der Waals surface area (Å²) in [6.07, 6.45) is 4.54. The van der Waals surface area contributed by atoms with Crippen LogP contribution in [-0.2, 0) is 0 Å². The Hall–Kier alpha value is -2.24. The van der Waals surface area contributed by atoms with E-state index in [2.05, 4.69) is 4.98 Å². The topological polar surface area (TPSA) is 61.0 Å². The third-order valence-corrected chi connectivity index (χ3v) is 1.88. The molecule has 0 spiro atoms. The second-order valence-electron chi connectivity index (χ2n) is 2.89. The van der Waals surface area contributed by atoms with Gasteiger partial charge in [-0.05, 0) is 6.07 Å². The minimum Gasteiger partial charge on any atom is -0.306 e. The first-order valence-electron chi connectivity index (χ1n) is 4.10. The van der Waals surface area contributed by atoms with Crippen LogP contribution in [0.25, 0.3) is 5.69 Å². The molecule has 6 heteroatoms. The quantitative estimate of drug-likeness (QED) is 0.558. The molecule has 2 rings (SSSR count). The van der Waals surface area contributed by atoms with E-state index in [0.717, 1.165) is 6.07 Å². The number of non-ortho nitro benzene ring substituents is 1. The second-order valence-corrected chi connectivity index (χ2v) is 2.89. The zero-order valence-corrected chi connectivity index (χ0v) is 7.50. The van der Waals surface area contributed by atoms with Gasteiger partial charge in [-0.15, -0.1) is 0 Å². The highest BCUT2D eigenvalue weighted by Crippen LogP contribution is 2.18. The molecule has 0 saturated heterocycles. The Morgan fingerprint density at radius 2 is 2.20 bits per heavy atom. The van der Waals surface area contributed by atoms with Crippen LogP contribution in [0.2, 0.25) is 0 Å². The van der Waals surface area contributed by atoms with E-state index < -0.39 is 10.7 Å². The van der Waals surface area contributed by atoms with Gasteiger partial charge in [-0.3, -0.25) is 10.1 Å². The van der Waals surface area contributed by atoms with Crippen molar-refractivity contribution in [1.82, 2.24) is 9.55 Å². The van der Waals surface area contributed by atoms with Crippen LogP contribution in [0.3, 0.4) is 0 Å². The monoisotopic (exact) mass is 207 g/mol. The predicted molar refractivity (Wildman–Crippen MR) is 50.2 cm³/mol. The van der Waals surface area contributed by atoms with E-state index >= 15 is 0 Å². The summed E-state index contributed by atoms with van der Waals surface area (Å²) in [6.45, 7) is 0. The van der Waals surface area contributed by atoms with Crippen molar-refractivity contribution in [3.05, 3.63) is 52.9 Å². The lowest BCUT2D eigenvalue weighted by molar-refractivity contribution is -0.385. The highest BCUT2D eigenvalue weighted by molar-refractivity contribution is 5.43. The van der Waals surface area contributed by atoms with E-state index in [1.807, 2.05) is 0 Å². The highest BCUT2D eigenvalue weighted by atomic mass is 19.1. The Bertz CT molecular complexity index is 496. The van der Waals surface area contributed by atoms with Crippen LogP contribution in [0, 0.1) is 15.9 Å². The molecule has 0 fully saturated rings. The number of nitrogens with zero attached hydrogens (tertiary/aromatic N) is 3. The first-order valence-corrected chi connectivity index (χ1v) is 4.10. The number of imidazole rings is 1. The predicted octanol–water partition coefficient (Wildman–Crippen LogP) is 1.92. The van der Waals surface area contributed by atoms with Crippen molar-refractivity contribution in [2.24, 2.45) is 0 Å². The summed E-state index contributed by atoms with van der Waals surface area (Å²) in [4.78, 5) is 13.6. The van der Waals surface area contributed by atoms with Crippen molar-refractivity contribution >= 4 is 5.69 Å². The number of rotatable bonds is 2. The number of benzene rings is 1. The molecule has 76 valence electrons. The minimum absolute atomic E-state index is 0.279. The molecule has 1 heterocycles. The molecule has 1 aromatic carbocycles. The molecule has 0 amide bonds. The third-order valence-electron chi connectivity index (χ3n) is 1.88. The average Bonchev–Trinajstić information content (AvgIpc) is 2.69. The van der Waals surface area contributed by atoms with Crippen LogP contribution in [0.1, 0.15) is 0 Å². The van der Waals surface area contributed by atoms with Crippen LogP contribution >= 0.6 is 0 Å². The van der Waals surface area contributed by atoms with E-state index in [4.69, 9.17) is 0 Å². The second kappa shape index (κ2) is 3.49. The minimum atomic E-state index is -0.645. The lowest BCUT2D eigenvalue weighted by Gasteiger charge is -2.01. The Morgan fingerprint density at radius 1 is 1.40 bits per heavy atom. The number of hydrogen-bond donors (Lipinski definition) is 0. The fraction of sp³-hybridized carbons (Fsp3) is 0. The van der Waals surface area contributed by atoms with Gasteiger partial charge in [-0.2, -0.15) is 0 Å². The fourth-order valence-electron chi connectivity index (χ4n) is 1.23. The lowest BCUT2D eigenvalue weighted by Crippen LogP contribution is -1.95. The van der Waals surface area contributed by atoms with Gasteiger partial charge in [-0.1, -0.05) is 0 Å². The van der Waals surface area contributed by atoms with Crippen molar-refractivity contribution in [1.29, 1.82) is 0 Å². The maximum absolute atomic E-state index is 13.0. The van der Waals surface area contributed by atoms with E-state index in [9.17, 15) is 14.5 Å². The maximum atomic E-state index is 13.0. The zero-order chi connectivity index (χ0) is 10.8.